The first-order chi connectivity index (χ1) is 13.9. The Morgan fingerprint density at radius 2 is 1.97 bits per heavy atom. The highest BCUT2D eigenvalue weighted by Gasteiger charge is 2.23. The number of aryl methyl sites for hydroxylation is 1. The average Bonchev–Trinajstić information content (AvgIpc) is 2.98. The number of amides is 2. The van der Waals surface area contributed by atoms with Gasteiger partial charge in [-0.25, -0.2) is 0 Å². The van der Waals surface area contributed by atoms with E-state index in [2.05, 4.69) is 10.1 Å². The summed E-state index contributed by atoms with van der Waals surface area (Å²) in [4.78, 5) is 31.8. The van der Waals surface area contributed by atoms with Gasteiger partial charge in [-0.3, -0.25) is 14.5 Å². The van der Waals surface area contributed by atoms with Gasteiger partial charge in [-0.2, -0.15) is 0 Å². The summed E-state index contributed by atoms with van der Waals surface area (Å²) in [5.74, 6) is 1.56. The molecular weight excluding hydrogens is 388 g/mol. The Hall–Kier alpha value is -2.32. The van der Waals surface area contributed by atoms with Gasteiger partial charge in [0.1, 0.15) is 5.76 Å². The highest BCUT2D eigenvalue weighted by Crippen LogP contribution is 2.27. The Balaban J connectivity index is 1.63. The van der Waals surface area contributed by atoms with Crippen LogP contribution in [0.5, 0.6) is 0 Å². The topological polar surface area (TPSA) is 69.9 Å². The minimum atomic E-state index is 0.0441. The molecule has 156 valence electrons. The predicted molar refractivity (Wildman–Crippen MR) is 113 cm³/mol. The second kappa shape index (κ2) is 9.93. The fraction of sp³-hybridized carbons (Fsp3) is 0.476. The molecule has 0 atom stereocenters. The molecule has 0 unspecified atom stereocenters. The molecule has 0 saturated carbocycles. The maximum atomic E-state index is 13.2. The fourth-order valence-electron chi connectivity index (χ4n) is 3.24. The van der Waals surface area contributed by atoms with Crippen LogP contribution >= 0.6 is 11.8 Å². The van der Waals surface area contributed by atoms with E-state index in [1.807, 2.05) is 42.2 Å². The molecule has 7 nitrogen and oxygen atoms in total. The average molecular weight is 417 g/mol. The Bertz CT molecular complexity index is 852. The van der Waals surface area contributed by atoms with Crippen molar-refractivity contribution in [1.29, 1.82) is 0 Å². The van der Waals surface area contributed by atoms with Crippen molar-refractivity contribution in [3.05, 3.63) is 47.3 Å². The molecule has 0 aliphatic carbocycles. The summed E-state index contributed by atoms with van der Waals surface area (Å²) < 4.78 is 5.28. The van der Waals surface area contributed by atoms with Crippen molar-refractivity contribution < 1.29 is 14.1 Å². The minimum Gasteiger partial charge on any atom is -0.360 e. The van der Waals surface area contributed by atoms with Crippen molar-refractivity contribution in [1.82, 2.24) is 19.9 Å². The quantitative estimate of drug-likeness (QED) is 0.674. The zero-order valence-corrected chi connectivity index (χ0v) is 18.1. The fourth-order valence-corrected chi connectivity index (χ4v) is 4.16. The van der Waals surface area contributed by atoms with Crippen LogP contribution in [0.15, 0.2) is 39.8 Å². The number of hydrogen-bond acceptors (Lipinski definition) is 6. The molecule has 29 heavy (non-hydrogen) atoms. The molecule has 0 bridgehead atoms. The van der Waals surface area contributed by atoms with Crippen LogP contribution in [-0.2, 0) is 10.5 Å². The third-order valence-electron chi connectivity index (χ3n) is 4.90. The Morgan fingerprint density at radius 1 is 1.17 bits per heavy atom. The first-order valence-electron chi connectivity index (χ1n) is 9.80. The lowest BCUT2D eigenvalue weighted by atomic mass is 10.2. The molecule has 2 amide bonds. The van der Waals surface area contributed by atoms with Crippen LogP contribution in [0, 0.1) is 6.92 Å². The molecule has 1 fully saturated rings. The molecule has 1 aromatic carbocycles. The van der Waals surface area contributed by atoms with E-state index >= 15 is 0 Å². The first kappa shape index (κ1) is 21.4. The number of likely N-dealkylation sites (N-methyl/N-ethyl adjacent to an activating group) is 1. The number of aromatic nitrogens is 1. The lowest BCUT2D eigenvalue weighted by Crippen LogP contribution is -2.39. The van der Waals surface area contributed by atoms with Gasteiger partial charge in [-0.05, 0) is 25.5 Å². The van der Waals surface area contributed by atoms with Gasteiger partial charge >= 0.3 is 0 Å². The second-order valence-corrected chi connectivity index (χ2v) is 8.45. The molecule has 2 aromatic rings. The van der Waals surface area contributed by atoms with Crippen molar-refractivity contribution in [3.63, 3.8) is 0 Å². The van der Waals surface area contributed by atoms with Crippen LogP contribution in [0.25, 0.3) is 0 Å². The van der Waals surface area contributed by atoms with E-state index < -0.39 is 0 Å². The second-order valence-electron chi connectivity index (χ2n) is 7.43. The summed E-state index contributed by atoms with van der Waals surface area (Å²) in [7, 11) is 3.54. The van der Waals surface area contributed by atoms with Crippen molar-refractivity contribution in [2.45, 2.75) is 24.0 Å². The van der Waals surface area contributed by atoms with Crippen molar-refractivity contribution >= 4 is 23.6 Å². The van der Waals surface area contributed by atoms with Gasteiger partial charge < -0.3 is 14.3 Å². The molecule has 1 saturated heterocycles. The van der Waals surface area contributed by atoms with E-state index in [0.717, 1.165) is 29.3 Å². The van der Waals surface area contributed by atoms with Gasteiger partial charge in [0.15, 0.2) is 0 Å². The van der Waals surface area contributed by atoms with Gasteiger partial charge in [0.05, 0.1) is 23.6 Å². The molecule has 0 N–H and O–H groups in total. The number of rotatable bonds is 6. The predicted octanol–water partition coefficient (Wildman–Crippen LogP) is 2.51. The lowest BCUT2D eigenvalue weighted by Gasteiger charge is -2.23. The first-order valence-corrected chi connectivity index (χ1v) is 10.8. The number of carbonyl (C=O) groups is 2. The Morgan fingerprint density at radius 3 is 2.69 bits per heavy atom. The Kier molecular flexibility index (Phi) is 7.33. The summed E-state index contributed by atoms with van der Waals surface area (Å²) in [5.41, 5.74) is 1.57. The van der Waals surface area contributed by atoms with E-state index in [9.17, 15) is 9.59 Å². The van der Waals surface area contributed by atoms with Crippen LogP contribution in [0.3, 0.4) is 0 Å². The van der Waals surface area contributed by atoms with E-state index in [4.69, 9.17) is 4.52 Å². The molecular formula is C21H28N4O3S. The summed E-state index contributed by atoms with van der Waals surface area (Å²) in [6.45, 7) is 5.15. The van der Waals surface area contributed by atoms with Gasteiger partial charge in [-0.15, -0.1) is 11.8 Å². The Labute approximate surface area is 176 Å². The van der Waals surface area contributed by atoms with Gasteiger partial charge in [0.25, 0.3) is 5.91 Å². The van der Waals surface area contributed by atoms with E-state index in [0.29, 0.717) is 37.5 Å². The smallest absolute Gasteiger partial charge is 0.255 e. The highest BCUT2D eigenvalue weighted by atomic mass is 32.2. The number of thioether (sulfide) groups is 1. The summed E-state index contributed by atoms with van der Waals surface area (Å²) >= 11 is 1.58. The standard InChI is InChI=1S/C21H28N4O3S/c1-16-13-17(28-22-16)15-29-19-8-5-4-7-18(19)21(27)25-10-6-9-24(11-12-25)14-20(26)23(2)3/h4-5,7-8,13H,6,9-12,14-15H2,1-3H3. The van der Waals surface area contributed by atoms with Crippen molar-refractivity contribution in [2.24, 2.45) is 0 Å². The zero-order chi connectivity index (χ0) is 20.8. The van der Waals surface area contributed by atoms with Crippen LogP contribution in [-0.4, -0.2) is 78.5 Å². The van der Waals surface area contributed by atoms with Crippen LogP contribution < -0.4 is 0 Å². The van der Waals surface area contributed by atoms with E-state index in [1.165, 1.54) is 0 Å². The lowest BCUT2D eigenvalue weighted by molar-refractivity contribution is -0.129. The molecule has 8 heteroatoms. The third kappa shape index (κ3) is 5.83. The van der Waals surface area contributed by atoms with E-state index in [1.54, 1.807) is 30.8 Å². The molecule has 0 radical (unpaired) electrons. The van der Waals surface area contributed by atoms with Crippen LogP contribution in [0.1, 0.15) is 28.2 Å². The van der Waals surface area contributed by atoms with Crippen LogP contribution in [0.2, 0.25) is 0 Å². The normalized spacial score (nSPS) is 15.2. The number of carbonyl (C=O) groups excluding carboxylic acids is 2. The number of nitrogens with zero attached hydrogens (tertiary/aromatic N) is 4. The minimum absolute atomic E-state index is 0.0441. The van der Waals surface area contributed by atoms with Gasteiger partial charge in [-0.1, -0.05) is 17.3 Å². The molecule has 2 heterocycles. The molecule has 3 rings (SSSR count). The number of benzene rings is 1. The molecule has 1 aromatic heterocycles. The zero-order valence-electron chi connectivity index (χ0n) is 17.3. The summed E-state index contributed by atoms with van der Waals surface area (Å²) in [6.07, 6.45) is 0.860. The van der Waals surface area contributed by atoms with E-state index in [-0.39, 0.29) is 11.8 Å². The maximum absolute atomic E-state index is 13.2. The number of hydrogen-bond donors (Lipinski definition) is 0. The molecule has 0 spiro atoms. The highest BCUT2D eigenvalue weighted by molar-refractivity contribution is 7.98. The van der Waals surface area contributed by atoms with Crippen LogP contribution in [0.4, 0.5) is 0 Å². The third-order valence-corrected chi connectivity index (χ3v) is 5.99. The molecule has 1 aliphatic heterocycles. The van der Waals surface area contributed by atoms with Gasteiger partial charge in [0, 0.05) is 51.2 Å². The SMILES string of the molecule is Cc1cc(CSc2ccccc2C(=O)N2CCCN(CC(=O)N(C)C)CC2)on1. The van der Waals surface area contributed by atoms with Crippen molar-refractivity contribution in [2.75, 3.05) is 46.8 Å². The largest absolute Gasteiger partial charge is 0.360 e. The summed E-state index contributed by atoms with van der Waals surface area (Å²) in [6, 6.07) is 9.61. The van der Waals surface area contributed by atoms with Gasteiger partial charge in [0.2, 0.25) is 5.91 Å². The summed E-state index contributed by atoms with van der Waals surface area (Å²) in [5, 5.41) is 3.91. The maximum Gasteiger partial charge on any atom is 0.255 e. The monoisotopic (exact) mass is 416 g/mol. The van der Waals surface area contributed by atoms with Crippen molar-refractivity contribution in [3.8, 4) is 0 Å². The molecule has 1 aliphatic rings.